The van der Waals surface area contributed by atoms with E-state index in [0.29, 0.717) is 5.75 Å². The highest BCUT2D eigenvalue weighted by atomic mass is 32.2. The molecule has 1 N–H and O–H groups in total. The van der Waals surface area contributed by atoms with Crippen molar-refractivity contribution in [1.82, 2.24) is 9.62 Å². The van der Waals surface area contributed by atoms with Gasteiger partial charge in [-0.3, -0.25) is 4.79 Å². The number of carbonyl (C=O) groups excluding carboxylic acids is 1. The van der Waals surface area contributed by atoms with Gasteiger partial charge in [0.05, 0.1) is 29.8 Å². The quantitative estimate of drug-likeness (QED) is 0.877. The average Bonchev–Trinajstić information content (AvgIpc) is 2.52. The molecule has 8 heteroatoms. The molecule has 0 aliphatic carbocycles. The van der Waals surface area contributed by atoms with Crippen LogP contribution in [0.2, 0.25) is 0 Å². The van der Waals surface area contributed by atoms with Crippen molar-refractivity contribution in [1.29, 1.82) is 0 Å². The molecule has 128 valence electrons. The van der Waals surface area contributed by atoms with Gasteiger partial charge in [-0.25, -0.2) is 8.42 Å². The summed E-state index contributed by atoms with van der Waals surface area (Å²) in [5.74, 6) is -0.0744. The lowest BCUT2D eigenvalue weighted by atomic mass is 10.2. The first kappa shape index (κ1) is 17.7. The first-order valence-electron chi connectivity index (χ1n) is 7.35. The Morgan fingerprint density at radius 1 is 1.30 bits per heavy atom. The Labute approximate surface area is 136 Å². The normalized spacial score (nSPS) is 22.6. The van der Waals surface area contributed by atoms with E-state index in [4.69, 9.17) is 9.47 Å². The maximum absolute atomic E-state index is 12.8. The molecule has 1 saturated heterocycles. The van der Waals surface area contributed by atoms with Crippen molar-refractivity contribution in [2.45, 2.75) is 31.0 Å². The van der Waals surface area contributed by atoms with Crippen LogP contribution in [0.15, 0.2) is 23.1 Å². The molecule has 0 bridgehead atoms. The van der Waals surface area contributed by atoms with Crippen LogP contribution in [0.4, 0.5) is 0 Å². The minimum atomic E-state index is -3.70. The second-order valence-corrected chi connectivity index (χ2v) is 7.46. The zero-order valence-electron chi connectivity index (χ0n) is 13.7. The summed E-state index contributed by atoms with van der Waals surface area (Å²) < 4.78 is 37.8. The zero-order valence-corrected chi connectivity index (χ0v) is 14.5. The Kier molecular flexibility index (Phi) is 5.28. The highest BCUT2D eigenvalue weighted by Gasteiger charge is 2.32. The molecule has 1 aromatic carbocycles. The molecule has 7 nitrogen and oxygen atoms in total. The zero-order chi connectivity index (χ0) is 17.2. The van der Waals surface area contributed by atoms with Crippen molar-refractivity contribution in [3.05, 3.63) is 23.8 Å². The van der Waals surface area contributed by atoms with Crippen molar-refractivity contribution >= 4 is 15.9 Å². The molecule has 1 aliphatic rings. The van der Waals surface area contributed by atoms with Crippen LogP contribution >= 0.6 is 0 Å². The van der Waals surface area contributed by atoms with E-state index in [9.17, 15) is 13.2 Å². The summed E-state index contributed by atoms with van der Waals surface area (Å²) in [5.41, 5.74) is 0.186. The maximum atomic E-state index is 12.8. The van der Waals surface area contributed by atoms with Gasteiger partial charge in [0.15, 0.2) is 0 Å². The molecular formula is C15H22N2O5S. The van der Waals surface area contributed by atoms with Crippen LogP contribution in [0.1, 0.15) is 24.2 Å². The Hall–Kier alpha value is -1.64. The predicted octanol–water partition coefficient (Wildman–Crippen LogP) is 0.853. The highest BCUT2D eigenvalue weighted by Crippen LogP contribution is 2.26. The van der Waals surface area contributed by atoms with Gasteiger partial charge in [0, 0.05) is 20.1 Å². The van der Waals surface area contributed by atoms with Crippen molar-refractivity contribution < 1.29 is 22.7 Å². The number of methoxy groups -OCH3 is 1. The van der Waals surface area contributed by atoms with E-state index in [0.717, 1.165) is 0 Å². The molecule has 0 aromatic heterocycles. The molecule has 23 heavy (non-hydrogen) atoms. The lowest BCUT2D eigenvalue weighted by Crippen LogP contribution is -2.48. The van der Waals surface area contributed by atoms with Crippen LogP contribution in [0, 0.1) is 0 Å². The lowest BCUT2D eigenvalue weighted by Gasteiger charge is -2.34. The van der Waals surface area contributed by atoms with E-state index in [1.165, 1.54) is 36.7 Å². The summed E-state index contributed by atoms with van der Waals surface area (Å²) in [6.45, 7) is 4.24. The van der Waals surface area contributed by atoms with E-state index in [-0.39, 0.29) is 35.8 Å². The molecule has 1 aromatic rings. The Morgan fingerprint density at radius 3 is 2.43 bits per heavy atom. The van der Waals surface area contributed by atoms with Crippen molar-refractivity contribution in [2.75, 3.05) is 27.2 Å². The number of rotatable bonds is 4. The van der Waals surface area contributed by atoms with Crippen LogP contribution in [0.25, 0.3) is 0 Å². The summed E-state index contributed by atoms with van der Waals surface area (Å²) in [4.78, 5) is 12.0. The van der Waals surface area contributed by atoms with Crippen LogP contribution < -0.4 is 10.1 Å². The van der Waals surface area contributed by atoms with E-state index in [2.05, 4.69) is 5.32 Å². The third-order valence-electron chi connectivity index (χ3n) is 3.67. The standard InChI is InChI=1S/C15H22N2O5S/c1-10-8-17(9-11(2)22-10)23(19,20)12-5-6-14(21-4)13(7-12)15(18)16-3/h5-7,10-11H,8-9H2,1-4H3,(H,16,18)/t10-,11-/m1/s1. The lowest BCUT2D eigenvalue weighted by molar-refractivity contribution is -0.0440. The number of benzene rings is 1. The predicted molar refractivity (Wildman–Crippen MR) is 85.2 cm³/mol. The van der Waals surface area contributed by atoms with Crippen LogP contribution in [-0.4, -0.2) is 58.1 Å². The van der Waals surface area contributed by atoms with Crippen LogP contribution in [0.5, 0.6) is 5.75 Å². The van der Waals surface area contributed by atoms with Gasteiger partial charge in [-0.15, -0.1) is 0 Å². The number of morpholine rings is 1. The summed E-state index contributed by atoms with van der Waals surface area (Å²) >= 11 is 0. The number of carbonyl (C=O) groups is 1. The monoisotopic (exact) mass is 342 g/mol. The van der Waals surface area contributed by atoms with Crippen molar-refractivity contribution in [2.24, 2.45) is 0 Å². The minimum Gasteiger partial charge on any atom is -0.496 e. The van der Waals surface area contributed by atoms with Gasteiger partial charge in [-0.1, -0.05) is 0 Å². The third-order valence-corrected chi connectivity index (χ3v) is 5.49. The third kappa shape index (κ3) is 3.65. The first-order valence-corrected chi connectivity index (χ1v) is 8.79. The molecule has 1 amide bonds. The Morgan fingerprint density at radius 2 is 1.91 bits per heavy atom. The van der Waals surface area contributed by atoms with Crippen LogP contribution in [-0.2, 0) is 14.8 Å². The fourth-order valence-corrected chi connectivity index (χ4v) is 4.25. The second-order valence-electron chi connectivity index (χ2n) is 5.52. The van der Waals surface area contributed by atoms with Gasteiger partial charge >= 0.3 is 0 Å². The fraction of sp³-hybridized carbons (Fsp3) is 0.533. The molecule has 2 rings (SSSR count). The second kappa shape index (κ2) is 6.86. The SMILES string of the molecule is CNC(=O)c1cc(S(=O)(=O)N2C[C@@H](C)O[C@H](C)C2)ccc1OC. The number of amides is 1. The number of sulfonamides is 1. The number of nitrogens with zero attached hydrogens (tertiary/aromatic N) is 1. The molecular weight excluding hydrogens is 320 g/mol. The molecule has 1 aliphatic heterocycles. The van der Waals surface area contributed by atoms with Crippen molar-refractivity contribution in [3.63, 3.8) is 0 Å². The molecule has 2 atom stereocenters. The van der Waals surface area contributed by atoms with Gasteiger partial charge in [0.25, 0.3) is 5.91 Å². The summed E-state index contributed by atoms with van der Waals surface area (Å²) in [7, 11) is -0.787. The van der Waals surface area contributed by atoms with Crippen LogP contribution in [0.3, 0.4) is 0 Å². The number of nitrogens with one attached hydrogen (secondary N) is 1. The first-order chi connectivity index (χ1) is 10.8. The van der Waals surface area contributed by atoms with Gasteiger partial charge in [0.2, 0.25) is 10.0 Å². The molecule has 0 spiro atoms. The van der Waals surface area contributed by atoms with Crippen molar-refractivity contribution in [3.8, 4) is 5.75 Å². The number of hydrogen-bond donors (Lipinski definition) is 1. The van der Waals surface area contributed by atoms with E-state index < -0.39 is 15.9 Å². The summed E-state index contributed by atoms with van der Waals surface area (Å²) in [6, 6.07) is 4.29. The Balaban J connectivity index is 2.42. The minimum absolute atomic E-state index is 0.0678. The van der Waals surface area contributed by atoms with Gasteiger partial charge in [-0.2, -0.15) is 4.31 Å². The molecule has 0 unspecified atom stereocenters. The fourth-order valence-electron chi connectivity index (χ4n) is 2.64. The van der Waals surface area contributed by atoms with Gasteiger partial charge < -0.3 is 14.8 Å². The molecule has 1 fully saturated rings. The van der Waals surface area contributed by atoms with E-state index in [1.54, 1.807) is 0 Å². The van der Waals surface area contributed by atoms with E-state index in [1.807, 2.05) is 13.8 Å². The number of hydrogen-bond acceptors (Lipinski definition) is 5. The largest absolute Gasteiger partial charge is 0.496 e. The van der Waals surface area contributed by atoms with Gasteiger partial charge in [0.1, 0.15) is 5.75 Å². The molecule has 1 heterocycles. The summed E-state index contributed by atoms with van der Waals surface area (Å²) in [6.07, 6.45) is -0.352. The summed E-state index contributed by atoms with van der Waals surface area (Å²) in [5, 5.41) is 2.48. The maximum Gasteiger partial charge on any atom is 0.254 e. The number of ether oxygens (including phenoxy) is 2. The Bertz CT molecular complexity index is 679. The smallest absolute Gasteiger partial charge is 0.254 e. The van der Waals surface area contributed by atoms with Gasteiger partial charge in [-0.05, 0) is 32.0 Å². The van der Waals surface area contributed by atoms with E-state index >= 15 is 0 Å². The molecule has 0 saturated carbocycles. The topological polar surface area (TPSA) is 84.9 Å². The molecule has 0 radical (unpaired) electrons. The average molecular weight is 342 g/mol. The highest BCUT2D eigenvalue weighted by molar-refractivity contribution is 7.89.